The number of carboxylic acid groups (broad SMARTS) is 1. The molecule has 0 unspecified atom stereocenters. The fourth-order valence-electron chi connectivity index (χ4n) is 4.87. The standard InChI is InChI=1S/C26H32F3NO2S/c1-18(2)3-8-23(15-19-10-13-33-14-11-19)30-12-9-20(17-25(31)32)16-24(30)21-4-6-22(7-5-21)26(27,28)29/h4-7,19-20,23-24H,1,9-17H2,2H3,(H,31,32)/t20-,23-,24+/m1/s1. The van der Waals surface area contributed by atoms with Crippen molar-refractivity contribution in [3.8, 4) is 11.8 Å². The van der Waals surface area contributed by atoms with Gasteiger partial charge in [0.25, 0.3) is 0 Å². The summed E-state index contributed by atoms with van der Waals surface area (Å²) in [5, 5.41) is 9.31. The zero-order valence-electron chi connectivity index (χ0n) is 19.0. The summed E-state index contributed by atoms with van der Waals surface area (Å²) in [7, 11) is 0. The minimum Gasteiger partial charge on any atom is -0.481 e. The van der Waals surface area contributed by atoms with Gasteiger partial charge in [-0.2, -0.15) is 24.9 Å². The van der Waals surface area contributed by atoms with Gasteiger partial charge in [-0.1, -0.05) is 30.6 Å². The Morgan fingerprint density at radius 2 is 1.88 bits per heavy atom. The number of halogens is 3. The lowest BCUT2D eigenvalue weighted by molar-refractivity contribution is -0.139. The fourth-order valence-corrected chi connectivity index (χ4v) is 6.07. The van der Waals surface area contributed by atoms with Crippen LogP contribution in [0.5, 0.6) is 0 Å². The number of benzene rings is 1. The number of carbonyl (C=O) groups is 1. The summed E-state index contributed by atoms with van der Waals surface area (Å²) in [6, 6.07) is 5.15. The van der Waals surface area contributed by atoms with Gasteiger partial charge in [-0.05, 0) is 85.6 Å². The number of nitrogens with zero attached hydrogens (tertiary/aromatic N) is 1. The van der Waals surface area contributed by atoms with Crippen LogP contribution in [-0.4, -0.2) is 40.1 Å². The number of carboxylic acids is 1. The van der Waals surface area contributed by atoms with E-state index in [0.29, 0.717) is 18.9 Å². The quantitative estimate of drug-likeness (QED) is 0.479. The number of piperidine rings is 1. The molecule has 1 aromatic rings. The van der Waals surface area contributed by atoms with Crippen LogP contribution in [0.15, 0.2) is 36.4 Å². The monoisotopic (exact) mass is 479 g/mol. The molecule has 2 saturated heterocycles. The molecule has 2 heterocycles. The highest BCUT2D eigenvalue weighted by molar-refractivity contribution is 7.99. The third kappa shape index (κ3) is 7.55. The van der Waals surface area contributed by atoms with E-state index in [1.165, 1.54) is 0 Å². The Morgan fingerprint density at radius 3 is 2.45 bits per heavy atom. The van der Waals surface area contributed by atoms with Crippen LogP contribution < -0.4 is 0 Å². The van der Waals surface area contributed by atoms with E-state index in [9.17, 15) is 23.1 Å². The number of hydrogen-bond acceptors (Lipinski definition) is 3. The lowest BCUT2D eigenvalue weighted by Crippen LogP contribution is -2.44. The number of likely N-dealkylation sites (tertiary alicyclic amines) is 1. The summed E-state index contributed by atoms with van der Waals surface area (Å²) >= 11 is 1.97. The Morgan fingerprint density at radius 1 is 1.21 bits per heavy atom. The van der Waals surface area contributed by atoms with Gasteiger partial charge in [0.2, 0.25) is 0 Å². The van der Waals surface area contributed by atoms with Gasteiger partial charge in [0.05, 0.1) is 11.6 Å². The predicted octanol–water partition coefficient (Wildman–Crippen LogP) is 6.41. The third-order valence-electron chi connectivity index (χ3n) is 6.59. The first-order valence-electron chi connectivity index (χ1n) is 11.5. The van der Waals surface area contributed by atoms with Crippen molar-refractivity contribution in [2.24, 2.45) is 11.8 Å². The van der Waals surface area contributed by atoms with E-state index in [1.807, 2.05) is 18.7 Å². The van der Waals surface area contributed by atoms with Crippen molar-refractivity contribution in [3.63, 3.8) is 0 Å². The Bertz CT molecular complexity index is 882. The van der Waals surface area contributed by atoms with Crippen LogP contribution in [0.4, 0.5) is 13.2 Å². The van der Waals surface area contributed by atoms with Gasteiger partial charge in [-0.15, -0.1) is 0 Å². The number of allylic oxidation sites excluding steroid dienone is 1. The van der Waals surface area contributed by atoms with Gasteiger partial charge in [-0.25, -0.2) is 0 Å². The van der Waals surface area contributed by atoms with Gasteiger partial charge in [0, 0.05) is 19.0 Å². The molecule has 0 bridgehead atoms. The molecular weight excluding hydrogens is 447 g/mol. The van der Waals surface area contributed by atoms with E-state index in [4.69, 9.17) is 0 Å². The van der Waals surface area contributed by atoms with E-state index in [0.717, 1.165) is 60.5 Å². The summed E-state index contributed by atoms with van der Waals surface area (Å²) in [4.78, 5) is 13.7. The number of thioether (sulfide) groups is 1. The molecule has 3 nitrogen and oxygen atoms in total. The van der Waals surface area contributed by atoms with Crippen molar-refractivity contribution in [2.45, 2.75) is 63.7 Å². The van der Waals surface area contributed by atoms with Crippen LogP contribution in [-0.2, 0) is 11.0 Å². The van der Waals surface area contributed by atoms with Crippen molar-refractivity contribution in [2.75, 3.05) is 18.1 Å². The van der Waals surface area contributed by atoms with E-state index >= 15 is 0 Å². The molecular formula is C26H32F3NO2S. The van der Waals surface area contributed by atoms with Crippen molar-refractivity contribution in [3.05, 3.63) is 47.5 Å². The first-order valence-corrected chi connectivity index (χ1v) is 12.7. The lowest BCUT2D eigenvalue weighted by Gasteiger charge is -2.43. The van der Waals surface area contributed by atoms with Crippen molar-refractivity contribution in [1.82, 2.24) is 4.90 Å². The van der Waals surface area contributed by atoms with Crippen LogP contribution >= 0.6 is 11.8 Å². The van der Waals surface area contributed by atoms with E-state index < -0.39 is 17.7 Å². The van der Waals surface area contributed by atoms with Crippen LogP contribution in [0.3, 0.4) is 0 Å². The van der Waals surface area contributed by atoms with Gasteiger partial charge >= 0.3 is 12.1 Å². The van der Waals surface area contributed by atoms with Gasteiger partial charge in [-0.3, -0.25) is 9.69 Å². The highest BCUT2D eigenvalue weighted by atomic mass is 32.2. The number of aliphatic carboxylic acids is 1. The molecule has 2 aliphatic rings. The molecule has 3 atom stereocenters. The maximum atomic E-state index is 13.1. The Labute approximate surface area is 198 Å². The second-order valence-corrected chi connectivity index (χ2v) is 10.4. The minimum atomic E-state index is -4.38. The Balaban J connectivity index is 1.90. The van der Waals surface area contributed by atoms with Crippen LogP contribution in [0.25, 0.3) is 0 Å². The molecule has 3 rings (SSSR count). The molecule has 0 spiro atoms. The smallest absolute Gasteiger partial charge is 0.416 e. The summed E-state index contributed by atoms with van der Waals surface area (Å²) < 4.78 is 39.3. The van der Waals surface area contributed by atoms with Gasteiger partial charge < -0.3 is 5.11 Å². The zero-order valence-corrected chi connectivity index (χ0v) is 19.9. The van der Waals surface area contributed by atoms with Crippen LogP contribution in [0.2, 0.25) is 0 Å². The largest absolute Gasteiger partial charge is 0.481 e. The number of hydrogen-bond donors (Lipinski definition) is 1. The summed E-state index contributed by atoms with van der Waals surface area (Å²) in [6.07, 6.45) is 0.255. The van der Waals surface area contributed by atoms with Crippen molar-refractivity contribution < 1.29 is 23.1 Å². The molecule has 2 aliphatic heterocycles. The van der Waals surface area contributed by atoms with Crippen LogP contribution in [0, 0.1) is 23.7 Å². The molecule has 2 fully saturated rings. The summed E-state index contributed by atoms with van der Waals surface area (Å²) in [5.74, 6) is 8.56. The maximum absolute atomic E-state index is 13.1. The number of alkyl halides is 3. The topological polar surface area (TPSA) is 40.5 Å². The zero-order chi connectivity index (χ0) is 24.0. The average Bonchev–Trinajstić information content (AvgIpc) is 2.76. The van der Waals surface area contributed by atoms with Crippen molar-refractivity contribution >= 4 is 17.7 Å². The number of rotatable bonds is 6. The minimum absolute atomic E-state index is 0.00753. The highest BCUT2D eigenvalue weighted by Crippen LogP contribution is 2.40. The molecule has 180 valence electrons. The molecule has 7 heteroatoms. The Hall–Kier alpha value is -1.91. The molecule has 1 N–H and O–H groups in total. The summed E-state index contributed by atoms with van der Waals surface area (Å²) in [6.45, 7) is 6.46. The molecule has 1 aromatic carbocycles. The summed E-state index contributed by atoms with van der Waals surface area (Å²) in [5.41, 5.74) is 0.902. The fraction of sp³-hybridized carbons (Fsp3) is 0.577. The van der Waals surface area contributed by atoms with Gasteiger partial charge in [0.15, 0.2) is 0 Å². The SMILES string of the molecule is C=C(C)C#C[C@H](CC1CCSCC1)N1CC[C@@H](CC(=O)O)C[C@H]1c1ccc(C(F)(F)F)cc1. The second kappa shape index (κ2) is 11.5. The highest BCUT2D eigenvalue weighted by Gasteiger charge is 2.36. The van der Waals surface area contributed by atoms with Crippen molar-refractivity contribution in [1.29, 1.82) is 0 Å². The predicted molar refractivity (Wildman–Crippen MR) is 127 cm³/mol. The molecule has 0 aliphatic carbocycles. The first kappa shape index (κ1) is 25.7. The molecule has 0 radical (unpaired) electrons. The van der Waals surface area contributed by atoms with E-state index in [1.54, 1.807) is 12.1 Å². The average molecular weight is 480 g/mol. The van der Waals surface area contributed by atoms with Gasteiger partial charge in [0.1, 0.15) is 0 Å². The second-order valence-electron chi connectivity index (χ2n) is 9.22. The van der Waals surface area contributed by atoms with E-state index in [-0.39, 0.29) is 24.4 Å². The van der Waals surface area contributed by atoms with Crippen LogP contribution in [0.1, 0.15) is 62.6 Å². The maximum Gasteiger partial charge on any atom is 0.416 e. The molecule has 33 heavy (non-hydrogen) atoms. The third-order valence-corrected chi connectivity index (χ3v) is 7.64. The lowest BCUT2D eigenvalue weighted by atomic mass is 9.82. The normalized spacial score (nSPS) is 23.4. The first-order chi connectivity index (χ1) is 15.6. The van der Waals surface area contributed by atoms with E-state index in [2.05, 4.69) is 23.3 Å². The molecule has 0 aromatic heterocycles. The molecule has 0 amide bonds. The Kier molecular flexibility index (Phi) is 8.95. The molecule has 0 saturated carbocycles.